The largest absolute Gasteiger partial charge is 1.00 e. The molecule has 0 aromatic carbocycles. The smallest absolute Gasteiger partial charge is 0.314 e. The molecule has 4 nitrogen and oxygen atoms in total. The Labute approximate surface area is 88.0 Å². The molecule has 58 valence electrons. The molecule has 1 saturated carbocycles. The van der Waals surface area contributed by atoms with Gasteiger partial charge in [0, 0.05) is 0 Å². The maximum atomic E-state index is 10.2. The third kappa shape index (κ3) is 2.80. The molecule has 1 aliphatic rings. The van der Waals surface area contributed by atoms with Crippen LogP contribution < -0.4 is 35.0 Å². The number of hydroxylamine groups is 1. The van der Waals surface area contributed by atoms with E-state index in [4.69, 9.17) is 5.21 Å². The summed E-state index contributed by atoms with van der Waals surface area (Å²) in [6.45, 7) is 0. The molecule has 0 saturated heterocycles. The van der Waals surface area contributed by atoms with Gasteiger partial charge in [-0.3, -0.25) is 0 Å². The number of hydrogen-bond acceptors (Lipinski definition) is 4. The van der Waals surface area contributed by atoms with E-state index in [1.165, 1.54) is 0 Å². The van der Waals surface area contributed by atoms with Crippen LogP contribution in [0.25, 0.3) is 0 Å². The van der Waals surface area contributed by atoms with Crippen molar-refractivity contribution in [2.45, 2.75) is 37.8 Å². The van der Waals surface area contributed by atoms with Crippen molar-refractivity contribution in [3.05, 3.63) is 4.91 Å². The molecule has 1 fully saturated rings. The Morgan fingerprint density at radius 3 is 2.09 bits per heavy atom. The van der Waals surface area contributed by atoms with E-state index in [2.05, 4.69) is 5.18 Å². The number of nitrogens with one attached hydrogen (secondary N) is 1. The van der Waals surface area contributed by atoms with Crippen LogP contribution in [-0.4, -0.2) is 10.9 Å². The number of rotatable bonds is 2. The predicted molar refractivity (Wildman–Crippen MR) is 36.5 cm³/mol. The fourth-order valence-corrected chi connectivity index (χ4v) is 1.36. The fourth-order valence-electron chi connectivity index (χ4n) is 1.36. The fraction of sp³-hybridized carbons (Fsp3) is 1.00. The van der Waals surface area contributed by atoms with Crippen molar-refractivity contribution in [3.63, 3.8) is 0 Å². The van der Waals surface area contributed by atoms with Crippen LogP contribution in [0.2, 0.25) is 0 Å². The minimum atomic E-state index is -0.863. The van der Waals surface area contributed by atoms with E-state index in [9.17, 15) is 4.91 Å². The van der Waals surface area contributed by atoms with Crippen molar-refractivity contribution in [1.29, 1.82) is 0 Å². The molecule has 0 aliphatic heterocycles. The summed E-state index contributed by atoms with van der Waals surface area (Å²) >= 11 is 0. The summed E-state index contributed by atoms with van der Waals surface area (Å²) < 4.78 is 0. The Kier molecular flexibility index (Phi) is 5.46. The van der Waals surface area contributed by atoms with Crippen LogP contribution in [0.5, 0.6) is 0 Å². The number of nitrogens with zero attached hydrogens (tertiary/aromatic N) is 1. The molecule has 11 heavy (non-hydrogen) atoms. The first kappa shape index (κ1) is 11.5. The van der Waals surface area contributed by atoms with E-state index in [0.29, 0.717) is 12.8 Å². The molecule has 0 aromatic heterocycles. The molecular formula is C6H12N2NaO2+. The molecule has 0 aromatic rings. The molecule has 1 rings (SSSR count). The summed E-state index contributed by atoms with van der Waals surface area (Å²) in [6.07, 6.45) is 4.40. The van der Waals surface area contributed by atoms with Crippen molar-refractivity contribution in [2.75, 3.05) is 0 Å². The molecule has 0 radical (unpaired) electrons. The summed E-state index contributed by atoms with van der Waals surface area (Å²) in [4.78, 5) is 10.2. The van der Waals surface area contributed by atoms with Gasteiger partial charge in [-0.2, -0.15) is 5.48 Å². The second kappa shape index (κ2) is 5.22. The maximum Gasteiger partial charge on any atom is 1.00 e. The molecule has 0 amide bonds. The summed E-state index contributed by atoms with van der Waals surface area (Å²) in [5.41, 5.74) is 1.13. The van der Waals surface area contributed by atoms with Gasteiger partial charge in [0.05, 0.1) is 0 Å². The van der Waals surface area contributed by atoms with Gasteiger partial charge >= 0.3 is 29.6 Å². The zero-order valence-electron chi connectivity index (χ0n) is 6.84. The van der Waals surface area contributed by atoms with Gasteiger partial charge in [0.15, 0.2) is 5.66 Å². The second-order valence-corrected chi connectivity index (χ2v) is 2.80. The first-order valence-corrected chi connectivity index (χ1v) is 3.59. The SMILES string of the molecule is O=NC1(NO)CCCCC1.[Na+]. The summed E-state index contributed by atoms with van der Waals surface area (Å²) in [6, 6.07) is 0. The van der Waals surface area contributed by atoms with E-state index >= 15 is 0 Å². The van der Waals surface area contributed by atoms with E-state index in [-0.39, 0.29) is 29.6 Å². The minimum Gasteiger partial charge on any atom is -0.314 e. The van der Waals surface area contributed by atoms with Gasteiger partial charge in [-0.05, 0) is 30.9 Å². The topological polar surface area (TPSA) is 61.7 Å². The van der Waals surface area contributed by atoms with Crippen LogP contribution in [-0.2, 0) is 0 Å². The van der Waals surface area contributed by atoms with Crippen molar-refractivity contribution in [1.82, 2.24) is 5.48 Å². The van der Waals surface area contributed by atoms with E-state index in [0.717, 1.165) is 19.3 Å². The maximum absolute atomic E-state index is 10.2. The van der Waals surface area contributed by atoms with Crippen LogP contribution >= 0.6 is 0 Å². The van der Waals surface area contributed by atoms with Crippen LogP contribution in [0.1, 0.15) is 32.1 Å². The van der Waals surface area contributed by atoms with Gasteiger partial charge in [0.25, 0.3) is 0 Å². The van der Waals surface area contributed by atoms with Crippen LogP contribution in [0.15, 0.2) is 5.18 Å². The van der Waals surface area contributed by atoms with Crippen molar-refractivity contribution in [3.8, 4) is 0 Å². The van der Waals surface area contributed by atoms with Gasteiger partial charge in [-0.1, -0.05) is 6.42 Å². The van der Waals surface area contributed by atoms with Crippen molar-refractivity contribution < 1.29 is 34.8 Å². The first-order chi connectivity index (χ1) is 4.83. The van der Waals surface area contributed by atoms with Crippen LogP contribution in [0, 0.1) is 4.91 Å². The normalized spacial score (nSPS) is 21.9. The third-order valence-corrected chi connectivity index (χ3v) is 2.06. The molecule has 0 spiro atoms. The van der Waals surface area contributed by atoms with Gasteiger partial charge in [0.2, 0.25) is 0 Å². The molecule has 5 heteroatoms. The van der Waals surface area contributed by atoms with E-state index in [1.807, 2.05) is 5.48 Å². The van der Waals surface area contributed by atoms with E-state index in [1.54, 1.807) is 0 Å². The summed E-state index contributed by atoms with van der Waals surface area (Å²) in [5, 5.41) is 11.5. The predicted octanol–water partition coefficient (Wildman–Crippen LogP) is -1.60. The molecular weight excluding hydrogens is 155 g/mol. The standard InChI is InChI=1S/C6H12N2O2.Na/c9-7-6(8-10)4-2-1-3-5-6;/h7,9H,1-5H2;/q;+1. The van der Waals surface area contributed by atoms with E-state index < -0.39 is 5.66 Å². The molecule has 2 N–H and O–H groups in total. The van der Waals surface area contributed by atoms with Gasteiger partial charge in [-0.25, -0.2) is 0 Å². The summed E-state index contributed by atoms with van der Waals surface area (Å²) in [7, 11) is 0. The zero-order valence-corrected chi connectivity index (χ0v) is 8.84. The zero-order chi connectivity index (χ0) is 7.45. The van der Waals surface area contributed by atoms with Gasteiger partial charge in [-0.15, -0.1) is 4.91 Å². The number of hydrogen-bond donors (Lipinski definition) is 2. The quantitative estimate of drug-likeness (QED) is 0.296. The Hall–Kier alpha value is 0.520. The second-order valence-electron chi connectivity index (χ2n) is 2.80. The average Bonchev–Trinajstić information content (AvgIpc) is 2.06. The average molecular weight is 167 g/mol. The summed E-state index contributed by atoms with van der Waals surface area (Å²) in [5.74, 6) is 0. The van der Waals surface area contributed by atoms with Crippen molar-refractivity contribution in [2.24, 2.45) is 5.18 Å². The Morgan fingerprint density at radius 1 is 1.27 bits per heavy atom. The van der Waals surface area contributed by atoms with Gasteiger partial charge in [0.1, 0.15) is 0 Å². The Bertz CT molecular complexity index is 126. The molecule has 0 heterocycles. The Morgan fingerprint density at radius 2 is 1.82 bits per heavy atom. The monoisotopic (exact) mass is 167 g/mol. The molecule has 0 bridgehead atoms. The molecule has 1 aliphatic carbocycles. The van der Waals surface area contributed by atoms with Crippen molar-refractivity contribution >= 4 is 0 Å². The Balaban J connectivity index is 0.000001000. The van der Waals surface area contributed by atoms with Crippen LogP contribution in [0.3, 0.4) is 0 Å². The van der Waals surface area contributed by atoms with Crippen LogP contribution in [0.4, 0.5) is 0 Å². The third-order valence-electron chi connectivity index (χ3n) is 2.06. The van der Waals surface area contributed by atoms with Gasteiger partial charge < -0.3 is 5.21 Å². The number of nitroso groups, excluding NO2 is 1. The molecule has 0 unspecified atom stereocenters. The first-order valence-electron chi connectivity index (χ1n) is 3.59. The minimum absolute atomic E-state index is 0. The molecule has 0 atom stereocenters.